The predicted molar refractivity (Wildman–Crippen MR) is 73.2 cm³/mol. The Morgan fingerprint density at radius 2 is 2.11 bits per heavy atom. The molecule has 19 heavy (non-hydrogen) atoms. The molecule has 0 radical (unpaired) electrons. The topological polar surface area (TPSA) is 90.0 Å². The van der Waals surface area contributed by atoms with Crippen molar-refractivity contribution in [3.8, 4) is 0 Å². The maximum absolute atomic E-state index is 12.3. The van der Waals surface area contributed by atoms with Crippen LogP contribution in [0.1, 0.15) is 24.7 Å². The summed E-state index contributed by atoms with van der Waals surface area (Å²) >= 11 is 0. The summed E-state index contributed by atoms with van der Waals surface area (Å²) in [6, 6.07) is 0. The summed E-state index contributed by atoms with van der Waals surface area (Å²) in [4.78, 5) is 0.300. The average molecular weight is 286 g/mol. The standard InChI is InChI=1S/C12H22N4O2S/c1-8-6-11(8)7-14-19(17,18)12-9(2)15-16(5-4-13)10(12)3/h8,11,14H,4-7,13H2,1-3H3. The van der Waals surface area contributed by atoms with Crippen LogP contribution in [0.5, 0.6) is 0 Å². The average Bonchev–Trinajstić information content (AvgIpc) is 2.94. The van der Waals surface area contributed by atoms with Crippen LogP contribution in [0.4, 0.5) is 0 Å². The van der Waals surface area contributed by atoms with Crippen LogP contribution in [-0.2, 0) is 16.6 Å². The van der Waals surface area contributed by atoms with Gasteiger partial charge in [0.05, 0.1) is 17.9 Å². The molecule has 1 aromatic heterocycles. The van der Waals surface area contributed by atoms with E-state index in [1.54, 1.807) is 18.5 Å². The fourth-order valence-corrected chi connectivity index (χ4v) is 3.88. The van der Waals surface area contributed by atoms with Crippen LogP contribution >= 0.6 is 0 Å². The van der Waals surface area contributed by atoms with E-state index in [9.17, 15) is 8.42 Å². The molecular formula is C12H22N4O2S. The minimum atomic E-state index is -3.47. The molecule has 1 aliphatic rings. The largest absolute Gasteiger partial charge is 0.329 e. The van der Waals surface area contributed by atoms with Gasteiger partial charge in [-0.25, -0.2) is 13.1 Å². The highest BCUT2D eigenvalue weighted by molar-refractivity contribution is 7.89. The van der Waals surface area contributed by atoms with Crippen molar-refractivity contribution in [2.24, 2.45) is 17.6 Å². The van der Waals surface area contributed by atoms with Crippen molar-refractivity contribution in [1.29, 1.82) is 0 Å². The third-order valence-corrected chi connectivity index (χ3v) is 5.41. The van der Waals surface area contributed by atoms with Crippen LogP contribution < -0.4 is 10.5 Å². The van der Waals surface area contributed by atoms with Crippen LogP contribution in [0.2, 0.25) is 0 Å². The second kappa shape index (κ2) is 5.22. The van der Waals surface area contributed by atoms with E-state index in [2.05, 4.69) is 16.7 Å². The normalized spacial score (nSPS) is 22.7. The molecule has 2 atom stereocenters. The molecular weight excluding hydrogens is 264 g/mol. The lowest BCUT2D eigenvalue weighted by Gasteiger charge is -2.07. The summed E-state index contributed by atoms with van der Waals surface area (Å²) in [5, 5.41) is 4.24. The molecule has 0 aromatic carbocycles. The predicted octanol–water partition coefficient (Wildman–Crippen LogP) is 0.393. The van der Waals surface area contributed by atoms with Crippen molar-refractivity contribution in [3.63, 3.8) is 0 Å². The zero-order valence-electron chi connectivity index (χ0n) is 11.7. The Labute approximate surface area is 114 Å². The molecule has 1 fully saturated rings. The van der Waals surface area contributed by atoms with E-state index >= 15 is 0 Å². The maximum atomic E-state index is 12.3. The SMILES string of the molecule is Cc1nn(CCN)c(C)c1S(=O)(=O)NCC1CC1C. The lowest BCUT2D eigenvalue weighted by Crippen LogP contribution is -2.27. The van der Waals surface area contributed by atoms with Gasteiger partial charge in [-0.2, -0.15) is 5.10 Å². The van der Waals surface area contributed by atoms with Crippen LogP contribution in [0, 0.1) is 25.7 Å². The van der Waals surface area contributed by atoms with E-state index in [-0.39, 0.29) is 0 Å². The van der Waals surface area contributed by atoms with Crippen molar-refractivity contribution in [2.75, 3.05) is 13.1 Å². The molecule has 0 saturated heterocycles. The van der Waals surface area contributed by atoms with Gasteiger partial charge in [-0.3, -0.25) is 4.68 Å². The van der Waals surface area contributed by atoms with Gasteiger partial charge in [-0.15, -0.1) is 0 Å². The molecule has 1 saturated carbocycles. The molecule has 0 spiro atoms. The number of hydrogen-bond donors (Lipinski definition) is 2. The molecule has 2 rings (SSSR count). The molecule has 0 amide bonds. The Kier molecular flexibility index (Phi) is 3.98. The first kappa shape index (κ1) is 14.5. The van der Waals surface area contributed by atoms with Gasteiger partial charge in [-0.05, 0) is 32.1 Å². The lowest BCUT2D eigenvalue weighted by molar-refractivity contribution is 0.571. The van der Waals surface area contributed by atoms with Gasteiger partial charge in [0.15, 0.2) is 0 Å². The summed E-state index contributed by atoms with van der Waals surface area (Å²) in [5.74, 6) is 1.11. The molecule has 108 valence electrons. The van der Waals surface area contributed by atoms with Crippen molar-refractivity contribution in [3.05, 3.63) is 11.4 Å². The Morgan fingerprint density at radius 1 is 1.47 bits per heavy atom. The fourth-order valence-electron chi connectivity index (χ4n) is 2.38. The highest BCUT2D eigenvalue weighted by Crippen LogP contribution is 2.37. The second-order valence-electron chi connectivity index (χ2n) is 5.34. The zero-order chi connectivity index (χ0) is 14.2. The van der Waals surface area contributed by atoms with Crippen molar-refractivity contribution >= 4 is 10.0 Å². The highest BCUT2D eigenvalue weighted by Gasteiger charge is 2.34. The highest BCUT2D eigenvalue weighted by atomic mass is 32.2. The smallest absolute Gasteiger partial charge is 0.244 e. The molecule has 0 aliphatic heterocycles. The number of nitrogens with two attached hydrogens (primary N) is 1. The first-order valence-electron chi connectivity index (χ1n) is 6.60. The number of sulfonamides is 1. The van der Waals surface area contributed by atoms with Gasteiger partial charge in [0.25, 0.3) is 0 Å². The van der Waals surface area contributed by atoms with Crippen molar-refractivity contribution in [1.82, 2.24) is 14.5 Å². The van der Waals surface area contributed by atoms with E-state index in [1.807, 2.05) is 0 Å². The van der Waals surface area contributed by atoms with E-state index < -0.39 is 10.0 Å². The first-order chi connectivity index (χ1) is 8.86. The lowest BCUT2D eigenvalue weighted by atomic mass is 10.3. The van der Waals surface area contributed by atoms with Gasteiger partial charge >= 0.3 is 0 Å². The van der Waals surface area contributed by atoms with E-state index in [0.29, 0.717) is 47.8 Å². The Bertz CT molecular complexity index is 565. The third-order valence-electron chi connectivity index (χ3n) is 3.74. The van der Waals surface area contributed by atoms with Gasteiger partial charge in [-0.1, -0.05) is 6.92 Å². The third kappa shape index (κ3) is 2.98. The number of nitrogens with zero attached hydrogens (tertiary/aromatic N) is 2. The summed E-state index contributed by atoms with van der Waals surface area (Å²) in [5.41, 5.74) is 6.68. The van der Waals surface area contributed by atoms with Gasteiger partial charge < -0.3 is 5.73 Å². The maximum Gasteiger partial charge on any atom is 0.244 e. The molecule has 6 nitrogen and oxygen atoms in total. The van der Waals surface area contributed by atoms with E-state index in [0.717, 1.165) is 6.42 Å². The Balaban J connectivity index is 2.19. The molecule has 2 unspecified atom stereocenters. The van der Waals surface area contributed by atoms with Crippen LogP contribution in [0.3, 0.4) is 0 Å². The van der Waals surface area contributed by atoms with Crippen molar-refractivity contribution < 1.29 is 8.42 Å². The summed E-state index contributed by atoms with van der Waals surface area (Å²) in [7, 11) is -3.47. The zero-order valence-corrected chi connectivity index (χ0v) is 12.5. The fraction of sp³-hybridized carbons (Fsp3) is 0.750. The molecule has 0 bridgehead atoms. The molecule has 1 aromatic rings. The van der Waals surface area contributed by atoms with Gasteiger partial charge in [0.1, 0.15) is 4.90 Å². The minimum absolute atomic E-state index is 0.300. The van der Waals surface area contributed by atoms with E-state index in [1.165, 1.54) is 0 Å². The Morgan fingerprint density at radius 3 is 2.63 bits per heavy atom. The van der Waals surface area contributed by atoms with Crippen LogP contribution in [-0.4, -0.2) is 31.3 Å². The molecule has 7 heteroatoms. The number of nitrogens with one attached hydrogen (secondary N) is 1. The van der Waals surface area contributed by atoms with Crippen LogP contribution in [0.15, 0.2) is 4.90 Å². The van der Waals surface area contributed by atoms with E-state index in [4.69, 9.17) is 5.73 Å². The number of hydrogen-bond acceptors (Lipinski definition) is 4. The number of aromatic nitrogens is 2. The summed E-state index contributed by atoms with van der Waals surface area (Å²) in [6.07, 6.45) is 1.10. The van der Waals surface area contributed by atoms with Crippen molar-refractivity contribution in [2.45, 2.75) is 38.6 Å². The van der Waals surface area contributed by atoms with Gasteiger partial charge in [0, 0.05) is 13.1 Å². The number of rotatable bonds is 6. The number of aryl methyl sites for hydroxylation is 1. The second-order valence-corrected chi connectivity index (χ2v) is 7.04. The molecule has 3 N–H and O–H groups in total. The molecule has 1 heterocycles. The minimum Gasteiger partial charge on any atom is -0.329 e. The van der Waals surface area contributed by atoms with Gasteiger partial charge in [0.2, 0.25) is 10.0 Å². The first-order valence-corrected chi connectivity index (χ1v) is 8.09. The monoisotopic (exact) mass is 286 g/mol. The summed E-state index contributed by atoms with van der Waals surface area (Å²) < 4.78 is 29.0. The molecule has 1 aliphatic carbocycles. The Hall–Kier alpha value is -0.920. The van der Waals surface area contributed by atoms with Crippen LogP contribution in [0.25, 0.3) is 0 Å². The quantitative estimate of drug-likeness (QED) is 0.791. The summed E-state index contributed by atoms with van der Waals surface area (Å²) in [6.45, 7) is 7.10.